The number of benzene rings is 4. The third-order valence-corrected chi connectivity index (χ3v) is 7.46. The maximum atomic E-state index is 12.0. The summed E-state index contributed by atoms with van der Waals surface area (Å²) in [6.07, 6.45) is 0. The molecule has 14 heteroatoms. The van der Waals surface area contributed by atoms with Crippen LogP contribution in [-0.2, 0) is 20.2 Å². The molecule has 0 radical (unpaired) electrons. The Labute approximate surface area is 236 Å². The molecule has 0 atom stereocenters. The van der Waals surface area contributed by atoms with E-state index in [0.717, 1.165) is 35.0 Å². The van der Waals surface area contributed by atoms with Crippen LogP contribution in [0.3, 0.4) is 0 Å². The van der Waals surface area contributed by atoms with Crippen molar-refractivity contribution in [1.82, 2.24) is 0 Å². The SMILES string of the molecule is Cc1ccc(N=Nc2ccc(N=Nc3ccc(N=Nc4ccc(S(=O)(=O)O)cc4)cc3S(=O)(=O)O)c(C)c2)c(C)c1. The molecule has 4 rings (SSSR count). The third kappa shape index (κ3) is 7.79. The van der Waals surface area contributed by atoms with E-state index in [2.05, 4.69) is 30.7 Å². The van der Waals surface area contributed by atoms with E-state index in [4.69, 9.17) is 4.55 Å². The van der Waals surface area contributed by atoms with E-state index in [9.17, 15) is 21.4 Å². The van der Waals surface area contributed by atoms with Crippen LogP contribution in [-0.4, -0.2) is 25.9 Å². The third-order valence-electron chi connectivity index (χ3n) is 5.71. The summed E-state index contributed by atoms with van der Waals surface area (Å²) in [5, 5.41) is 24.6. The average molecular weight is 593 g/mol. The summed E-state index contributed by atoms with van der Waals surface area (Å²) in [5.74, 6) is 0. The van der Waals surface area contributed by atoms with Gasteiger partial charge in [-0.1, -0.05) is 17.7 Å². The Kier molecular flexibility index (Phi) is 8.58. The molecule has 0 unspecified atom stereocenters. The van der Waals surface area contributed by atoms with Crippen LogP contribution in [0.15, 0.2) is 119 Å². The first-order valence-electron chi connectivity index (χ1n) is 11.9. The van der Waals surface area contributed by atoms with Gasteiger partial charge in [0.1, 0.15) is 10.6 Å². The normalized spacial score (nSPS) is 12.6. The molecule has 0 bridgehead atoms. The number of nitrogens with zero attached hydrogens (tertiary/aromatic N) is 6. The summed E-state index contributed by atoms with van der Waals surface area (Å²) in [4.78, 5) is -0.845. The molecule has 12 nitrogen and oxygen atoms in total. The van der Waals surface area contributed by atoms with Crippen molar-refractivity contribution in [1.29, 1.82) is 0 Å². The van der Waals surface area contributed by atoms with Crippen LogP contribution in [0.2, 0.25) is 0 Å². The van der Waals surface area contributed by atoms with Crippen molar-refractivity contribution in [3.05, 3.63) is 95.6 Å². The monoisotopic (exact) mass is 592 g/mol. The van der Waals surface area contributed by atoms with Gasteiger partial charge in [0.25, 0.3) is 20.2 Å². The van der Waals surface area contributed by atoms with Crippen LogP contribution in [0.4, 0.5) is 34.1 Å². The van der Waals surface area contributed by atoms with Crippen molar-refractivity contribution in [2.75, 3.05) is 0 Å². The molecule has 0 fully saturated rings. The standard InChI is InChI=1S/C27H24N6O6S2/c1-17-4-11-24(18(2)14-17)31-30-21-7-12-25(19(3)15-21)32-33-26-13-8-22(16-27(26)41(37,38)39)29-28-20-5-9-23(10-6-20)40(34,35)36/h4-16H,1-3H3,(H,34,35,36)(H,37,38,39). The molecular formula is C27H24N6O6S2. The van der Waals surface area contributed by atoms with Gasteiger partial charge in [-0.2, -0.15) is 42.4 Å². The Morgan fingerprint density at radius 1 is 0.488 bits per heavy atom. The summed E-state index contributed by atoms with van der Waals surface area (Å²) in [7, 11) is -9.05. The summed E-state index contributed by atoms with van der Waals surface area (Å²) >= 11 is 0. The molecular weight excluding hydrogens is 568 g/mol. The molecule has 0 saturated heterocycles. The van der Waals surface area contributed by atoms with Gasteiger partial charge in [0.2, 0.25) is 0 Å². The van der Waals surface area contributed by atoms with E-state index in [1.54, 1.807) is 25.1 Å². The van der Waals surface area contributed by atoms with Crippen molar-refractivity contribution in [2.24, 2.45) is 30.7 Å². The lowest BCUT2D eigenvalue weighted by Gasteiger charge is -2.04. The Balaban J connectivity index is 1.55. The van der Waals surface area contributed by atoms with Crippen LogP contribution in [0.25, 0.3) is 0 Å². The van der Waals surface area contributed by atoms with Crippen molar-refractivity contribution in [2.45, 2.75) is 30.6 Å². The molecule has 0 aromatic heterocycles. The zero-order chi connectivity index (χ0) is 29.8. The first-order chi connectivity index (χ1) is 19.3. The predicted molar refractivity (Wildman–Crippen MR) is 152 cm³/mol. The molecule has 4 aromatic rings. The molecule has 2 N–H and O–H groups in total. The van der Waals surface area contributed by atoms with E-state index in [-0.39, 0.29) is 22.0 Å². The smallest absolute Gasteiger partial charge is 0.282 e. The van der Waals surface area contributed by atoms with Crippen LogP contribution < -0.4 is 0 Å². The van der Waals surface area contributed by atoms with E-state index >= 15 is 0 Å². The van der Waals surface area contributed by atoms with Gasteiger partial charge in [-0.3, -0.25) is 9.11 Å². The minimum absolute atomic E-state index is 0.0742. The van der Waals surface area contributed by atoms with Gasteiger partial charge < -0.3 is 0 Å². The van der Waals surface area contributed by atoms with E-state index in [0.29, 0.717) is 16.9 Å². The molecule has 0 amide bonds. The Morgan fingerprint density at radius 2 is 0.951 bits per heavy atom. The number of hydrogen-bond acceptors (Lipinski definition) is 10. The second-order valence-electron chi connectivity index (χ2n) is 8.96. The molecule has 0 heterocycles. The molecule has 0 aliphatic rings. The van der Waals surface area contributed by atoms with Gasteiger partial charge >= 0.3 is 0 Å². The molecule has 41 heavy (non-hydrogen) atoms. The van der Waals surface area contributed by atoms with E-state index in [1.165, 1.54) is 24.3 Å². The summed E-state index contributed by atoms with van der Waals surface area (Å²) < 4.78 is 65.2. The second-order valence-corrected chi connectivity index (χ2v) is 11.8. The van der Waals surface area contributed by atoms with Crippen molar-refractivity contribution < 1.29 is 25.9 Å². The Morgan fingerprint density at radius 3 is 1.54 bits per heavy atom. The summed E-state index contributed by atoms with van der Waals surface area (Å²) in [6.45, 7) is 5.75. The molecule has 0 aliphatic carbocycles. The van der Waals surface area contributed by atoms with Gasteiger partial charge in [-0.25, -0.2) is 0 Å². The van der Waals surface area contributed by atoms with E-state index < -0.39 is 25.1 Å². The quantitative estimate of drug-likeness (QED) is 0.153. The van der Waals surface area contributed by atoms with E-state index in [1.807, 2.05) is 32.0 Å². The molecule has 210 valence electrons. The van der Waals surface area contributed by atoms with Gasteiger partial charge in [0.05, 0.1) is 33.3 Å². The number of hydrogen-bond donors (Lipinski definition) is 2. The fourth-order valence-corrected chi connectivity index (χ4v) is 4.73. The van der Waals surface area contributed by atoms with Crippen LogP contribution >= 0.6 is 0 Å². The fraction of sp³-hybridized carbons (Fsp3) is 0.111. The Hall–Kier alpha value is -4.50. The lowest BCUT2D eigenvalue weighted by Crippen LogP contribution is -1.98. The van der Waals surface area contributed by atoms with Crippen LogP contribution in [0.5, 0.6) is 0 Å². The van der Waals surface area contributed by atoms with Crippen molar-refractivity contribution in [3.8, 4) is 0 Å². The minimum atomic E-state index is -4.70. The van der Waals surface area contributed by atoms with Gasteiger partial charge in [0.15, 0.2) is 0 Å². The zero-order valence-electron chi connectivity index (χ0n) is 22.0. The van der Waals surface area contributed by atoms with Crippen molar-refractivity contribution >= 4 is 54.4 Å². The largest absolute Gasteiger partial charge is 0.296 e. The molecule has 0 spiro atoms. The Bertz CT molecular complexity index is 1920. The molecule has 0 aliphatic heterocycles. The highest BCUT2D eigenvalue weighted by Gasteiger charge is 2.17. The lowest BCUT2D eigenvalue weighted by atomic mass is 10.1. The maximum absolute atomic E-state index is 12.0. The topological polar surface area (TPSA) is 183 Å². The number of aryl methyl sites for hydroxylation is 3. The van der Waals surface area contributed by atoms with Gasteiger partial charge in [-0.05, 0) is 98.6 Å². The fourth-order valence-electron chi connectivity index (χ4n) is 3.61. The summed E-state index contributed by atoms with van der Waals surface area (Å²) in [6, 6.07) is 19.7. The lowest BCUT2D eigenvalue weighted by molar-refractivity contribution is 0.481. The average Bonchev–Trinajstić information content (AvgIpc) is 2.90. The predicted octanol–water partition coefficient (Wildman–Crippen LogP) is 8.35. The summed E-state index contributed by atoms with van der Waals surface area (Å²) in [5.41, 5.74) is 4.85. The second kappa shape index (κ2) is 11.9. The highest BCUT2D eigenvalue weighted by Crippen LogP contribution is 2.33. The van der Waals surface area contributed by atoms with Gasteiger partial charge in [0, 0.05) is 0 Å². The highest BCUT2D eigenvalue weighted by molar-refractivity contribution is 7.86. The van der Waals surface area contributed by atoms with Crippen LogP contribution in [0, 0.1) is 20.8 Å². The molecule has 0 saturated carbocycles. The minimum Gasteiger partial charge on any atom is -0.282 e. The van der Waals surface area contributed by atoms with Crippen molar-refractivity contribution in [3.63, 3.8) is 0 Å². The van der Waals surface area contributed by atoms with Gasteiger partial charge in [-0.15, -0.1) is 5.11 Å². The highest BCUT2D eigenvalue weighted by atomic mass is 32.2. The molecule has 4 aromatic carbocycles. The first-order valence-corrected chi connectivity index (χ1v) is 14.8. The maximum Gasteiger partial charge on any atom is 0.296 e. The number of azo groups is 3. The van der Waals surface area contributed by atoms with Crippen LogP contribution in [0.1, 0.15) is 16.7 Å². The zero-order valence-corrected chi connectivity index (χ0v) is 23.7. The first kappa shape index (κ1) is 29.5. The number of rotatable bonds is 8.